The number of anilines is 1. The van der Waals surface area contributed by atoms with E-state index in [1.54, 1.807) is 12.1 Å². The van der Waals surface area contributed by atoms with Gasteiger partial charge < -0.3 is 5.32 Å². The molecule has 1 unspecified atom stereocenters. The zero-order valence-corrected chi connectivity index (χ0v) is 11.0. The van der Waals surface area contributed by atoms with Crippen LogP contribution in [-0.4, -0.2) is 0 Å². The number of nitrogens with one attached hydrogen (secondary N) is 1. The van der Waals surface area contributed by atoms with Crippen molar-refractivity contribution in [3.8, 4) is 6.07 Å². The lowest BCUT2D eigenvalue weighted by atomic mass is 10.0. The summed E-state index contributed by atoms with van der Waals surface area (Å²) in [6, 6.07) is 16.1. The van der Waals surface area contributed by atoms with Crippen molar-refractivity contribution < 1.29 is 4.39 Å². The lowest BCUT2D eigenvalue weighted by molar-refractivity contribution is 0.628. The van der Waals surface area contributed by atoms with Gasteiger partial charge in [-0.3, -0.25) is 0 Å². The average Bonchev–Trinajstić information content (AvgIpc) is 3.31. The van der Waals surface area contributed by atoms with Crippen molar-refractivity contribution in [3.63, 3.8) is 0 Å². The van der Waals surface area contributed by atoms with Gasteiger partial charge in [-0.1, -0.05) is 24.3 Å². The van der Waals surface area contributed by atoms with Gasteiger partial charge in [-0.25, -0.2) is 4.39 Å². The molecule has 0 radical (unpaired) electrons. The van der Waals surface area contributed by atoms with Crippen LogP contribution < -0.4 is 5.32 Å². The van der Waals surface area contributed by atoms with Gasteiger partial charge >= 0.3 is 0 Å². The van der Waals surface area contributed by atoms with E-state index in [-0.39, 0.29) is 5.82 Å². The van der Waals surface area contributed by atoms with E-state index in [2.05, 4.69) is 23.5 Å². The van der Waals surface area contributed by atoms with Crippen molar-refractivity contribution >= 4 is 5.69 Å². The van der Waals surface area contributed by atoms with Crippen molar-refractivity contribution in [2.45, 2.75) is 24.8 Å². The second kappa shape index (κ2) is 5.34. The van der Waals surface area contributed by atoms with E-state index in [0.717, 1.165) is 11.3 Å². The SMILES string of the molecule is N#CC(Nc1ccc(F)cc1)c1cccc(C2CC2)c1. The maximum absolute atomic E-state index is 12.9. The molecule has 0 aromatic heterocycles. The first-order valence-corrected chi connectivity index (χ1v) is 6.78. The van der Waals surface area contributed by atoms with Crippen LogP contribution in [-0.2, 0) is 0 Å². The highest BCUT2D eigenvalue weighted by Crippen LogP contribution is 2.40. The van der Waals surface area contributed by atoms with Crippen LogP contribution in [0.5, 0.6) is 0 Å². The van der Waals surface area contributed by atoms with Gasteiger partial charge in [0.2, 0.25) is 0 Å². The van der Waals surface area contributed by atoms with E-state index in [0.29, 0.717) is 5.92 Å². The molecule has 1 aliphatic carbocycles. The van der Waals surface area contributed by atoms with Crippen LogP contribution in [0.25, 0.3) is 0 Å². The second-order valence-electron chi connectivity index (χ2n) is 5.16. The molecular weight excluding hydrogens is 251 g/mol. The molecule has 3 rings (SSSR count). The fourth-order valence-corrected chi connectivity index (χ4v) is 2.31. The molecule has 1 atom stereocenters. The monoisotopic (exact) mass is 266 g/mol. The normalized spacial score (nSPS) is 15.4. The van der Waals surface area contributed by atoms with Crippen molar-refractivity contribution in [2.24, 2.45) is 0 Å². The Morgan fingerprint density at radius 2 is 1.90 bits per heavy atom. The fourth-order valence-electron chi connectivity index (χ4n) is 2.31. The predicted molar refractivity (Wildman–Crippen MR) is 76.8 cm³/mol. The number of benzene rings is 2. The Labute approximate surface area is 117 Å². The zero-order chi connectivity index (χ0) is 13.9. The van der Waals surface area contributed by atoms with Crippen LogP contribution in [0.3, 0.4) is 0 Å². The van der Waals surface area contributed by atoms with Crippen LogP contribution in [0.2, 0.25) is 0 Å². The van der Waals surface area contributed by atoms with Gasteiger partial charge in [0.15, 0.2) is 0 Å². The molecule has 3 heteroatoms. The topological polar surface area (TPSA) is 35.8 Å². The molecule has 1 aliphatic rings. The summed E-state index contributed by atoms with van der Waals surface area (Å²) in [5.41, 5.74) is 3.01. The van der Waals surface area contributed by atoms with E-state index >= 15 is 0 Å². The van der Waals surface area contributed by atoms with Gasteiger partial charge in [0, 0.05) is 5.69 Å². The molecule has 0 heterocycles. The van der Waals surface area contributed by atoms with Gasteiger partial charge in [-0.2, -0.15) is 5.26 Å². The molecule has 1 N–H and O–H groups in total. The van der Waals surface area contributed by atoms with E-state index < -0.39 is 6.04 Å². The molecule has 1 saturated carbocycles. The Balaban J connectivity index is 1.80. The fraction of sp³-hybridized carbons (Fsp3) is 0.235. The Hall–Kier alpha value is -2.34. The van der Waals surface area contributed by atoms with Gasteiger partial charge in [0.05, 0.1) is 6.07 Å². The minimum absolute atomic E-state index is 0.278. The zero-order valence-electron chi connectivity index (χ0n) is 11.0. The lowest BCUT2D eigenvalue weighted by Gasteiger charge is -2.14. The predicted octanol–water partition coefficient (Wildman–Crippen LogP) is 4.38. The number of hydrogen-bond donors (Lipinski definition) is 1. The quantitative estimate of drug-likeness (QED) is 0.891. The first-order chi connectivity index (χ1) is 9.76. The maximum atomic E-state index is 12.9. The second-order valence-corrected chi connectivity index (χ2v) is 5.16. The van der Waals surface area contributed by atoms with Gasteiger partial charge in [-0.15, -0.1) is 0 Å². The molecule has 1 fully saturated rings. The standard InChI is InChI=1S/C17H15FN2/c18-15-6-8-16(9-7-15)20-17(11-19)14-3-1-2-13(10-14)12-4-5-12/h1-3,6-10,12,17,20H,4-5H2. The van der Waals surface area contributed by atoms with Crippen LogP contribution in [0.4, 0.5) is 10.1 Å². The highest BCUT2D eigenvalue weighted by atomic mass is 19.1. The first kappa shape index (κ1) is 12.7. The Bertz CT molecular complexity index is 639. The van der Waals surface area contributed by atoms with E-state index in [1.165, 1.54) is 30.5 Å². The van der Waals surface area contributed by atoms with Crippen LogP contribution >= 0.6 is 0 Å². The van der Waals surface area contributed by atoms with Crippen LogP contribution in [0, 0.1) is 17.1 Å². The number of halogens is 1. The van der Waals surface area contributed by atoms with Crippen molar-refractivity contribution in [1.29, 1.82) is 5.26 Å². The van der Waals surface area contributed by atoms with E-state index in [1.807, 2.05) is 12.1 Å². The number of rotatable bonds is 4. The number of nitriles is 1. The molecule has 0 bridgehead atoms. The molecule has 0 spiro atoms. The Kier molecular flexibility index (Phi) is 3.39. The lowest BCUT2D eigenvalue weighted by Crippen LogP contribution is -2.08. The van der Waals surface area contributed by atoms with Crippen molar-refractivity contribution in [1.82, 2.24) is 0 Å². The summed E-state index contributed by atoms with van der Waals surface area (Å²) in [6.07, 6.45) is 2.48. The third kappa shape index (κ3) is 2.80. The van der Waals surface area contributed by atoms with Crippen molar-refractivity contribution in [2.75, 3.05) is 5.32 Å². The van der Waals surface area contributed by atoms with Crippen molar-refractivity contribution in [3.05, 3.63) is 65.5 Å². The summed E-state index contributed by atoms with van der Waals surface area (Å²) in [4.78, 5) is 0. The van der Waals surface area contributed by atoms with Gasteiger partial charge in [0.1, 0.15) is 11.9 Å². The molecule has 100 valence electrons. The highest BCUT2D eigenvalue weighted by Gasteiger charge is 2.24. The van der Waals surface area contributed by atoms with Gasteiger partial charge in [-0.05, 0) is 54.2 Å². The summed E-state index contributed by atoms with van der Waals surface area (Å²) < 4.78 is 12.9. The molecule has 0 amide bonds. The largest absolute Gasteiger partial charge is 0.366 e. The molecule has 0 saturated heterocycles. The summed E-state index contributed by atoms with van der Waals surface area (Å²) in [7, 11) is 0. The summed E-state index contributed by atoms with van der Waals surface area (Å²) in [6.45, 7) is 0. The molecule has 2 nitrogen and oxygen atoms in total. The molecule has 2 aromatic rings. The Morgan fingerprint density at radius 3 is 2.55 bits per heavy atom. The van der Waals surface area contributed by atoms with Gasteiger partial charge in [0.25, 0.3) is 0 Å². The molecule has 0 aliphatic heterocycles. The summed E-state index contributed by atoms with van der Waals surface area (Å²) in [5, 5.41) is 12.5. The number of nitrogens with zero attached hydrogens (tertiary/aromatic N) is 1. The first-order valence-electron chi connectivity index (χ1n) is 6.78. The molecule has 2 aromatic carbocycles. The smallest absolute Gasteiger partial charge is 0.140 e. The number of hydrogen-bond acceptors (Lipinski definition) is 2. The highest BCUT2D eigenvalue weighted by molar-refractivity contribution is 5.48. The minimum Gasteiger partial charge on any atom is -0.366 e. The third-order valence-corrected chi connectivity index (χ3v) is 3.58. The maximum Gasteiger partial charge on any atom is 0.140 e. The summed E-state index contributed by atoms with van der Waals surface area (Å²) >= 11 is 0. The Morgan fingerprint density at radius 1 is 1.15 bits per heavy atom. The summed E-state index contributed by atoms with van der Waals surface area (Å²) in [5.74, 6) is 0.389. The third-order valence-electron chi connectivity index (χ3n) is 3.58. The molecular formula is C17H15FN2. The van der Waals surface area contributed by atoms with Crippen LogP contribution in [0.1, 0.15) is 35.9 Å². The van der Waals surface area contributed by atoms with Crippen LogP contribution in [0.15, 0.2) is 48.5 Å². The minimum atomic E-state index is -0.417. The average molecular weight is 266 g/mol. The van der Waals surface area contributed by atoms with E-state index in [9.17, 15) is 9.65 Å². The van der Waals surface area contributed by atoms with E-state index in [4.69, 9.17) is 0 Å². The molecule has 20 heavy (non-hydrogen) atoms.